The molecule has 1 aromatic rings. The van der Waals surface area contributed by atoms with Gasteiger partial charge in [-0.1, -0.05) is 23.2 Å². The lowest BCUT2D eigenvalue weighted by atomic mass is 10.1. The number of amides is 2. The second kappa shape index (κ2) is 6.02. The van der Waals surface area contributed by atoms with Crippen molar-refractivity contribution in [3.8, 4) is 0 Å². The largest absolute Gasteiger partial charge is 0.339 e. The number of benzene rings is 1. The van der Waals surface area contributed by atoms with Crippen LogP contribution in [-0.2, 0) is 9.59 Å². The van der Waals surface area contributed by atoms with E-state index in [4.69, 9.17) is 23.2 Å². The van der Waals surface area contributed by atoms with E-state index in [9.17, 15) is 9.59 Å². The Morgan fingerprint density at radius 1 is 1.40 bits per heavy atom. The van der Waals surface area contributed by atoms with Crippen molar-refractivity contribution in [3.05, 3.63) is 28.2 Å². The van der Waals surface area contributed by atoms with Crippen LogP contribution < -0.4 is 5.32 Å². The number of rotatable bonds is 3. The Labute approximate surface area is 128 Å². The first-order chi connectivity index (χ1) is 9.38. The molecule has 1 aliphatic rings. The van der Waals surface area contributed by atoms with Gasteiger partial charge in [0.15, 0.2) is 0 Å². The fraction of sp³-hybridized carbons (Fsp3) is 0.429. The van der Waals surface area contributed by atoms with Crippen LogP contribution in [0.15, 0.2) is 18.2 Å². The summed E-state index contributed by atoms with van der Waals surface area (Å²) in [7, 11) is 0. The minimum Gasteiger partial charge on any atom is -0.339 e. The van der Waals surface area contributed by atoms with Crippen molar-refractivity contribution in [2.75, 3.05) is 11.9 Å². The van der Waals surface area contributed by atoms with Gasteiger partial charge in [0.2, 0.25) is 11.8 Å². The Kier molecular flexibility index (Phi) is 4.55. The van der Waals surface area contributed by atoms with Crippen molar-refractivity contribution in [2.45, 2.75) is 26.3 Å². The van der Waals surface area contributed by atoms with Gasteiger partial charge in [0, 0.05) is 24.0 Å². The average Bonchev–Trinajstić information content (AvgIpc) is 2.75. The van der Waals surface area contributed by atoms with Gasteiger partial charge in [-0.15, -0.1) is 0 Å². The maximum atomic E-state index is 12.2. The van der Waals surface area contributed by atoms with Crippen molar-refractivity contribution in [1.29, 1.82) is 0 Å². The average molecular weight is 315 g/mol. The second-order valence-electron chi connectivity index (χ2n) is 5.15. The summed E-state index contributed by atoms with van der Waals surface area (Å²) in [6, 6.07) is 4.99. The molecule has 0 bridgehead atoms. The molecule has 0 saturated carbocycles. The third-order valence-electron chi connectivity index (χ3n) is 3.34. The predicted octanol–water partition coefficient (Wildman–Crippen LogP) is 3.19. The molecule has 0 radical (unpaired) electrons. The fourth-order valence-corrected chi connectivity index (χ4v) is 2.69. The molecule has 1 aliphatic heterocycles. The molecule has 108 valence electrons. The maximum absolute atomic E-state index is 12.2. The molecule has 1 N–H and O–H groups in total. The zero-order valence-electron chi connectivity index (χ0n) is 11.3. The normalized spacial score (nSPS) is 18.8. The van der Waals surface area contributed by atoms with Crippen LogP contribution in [0.2, 0.25) is 10.0 Å². The zero-order chi connectivity index (χ0) is 14.9. The Morgan fingerprint density at radius 2 is 2.10 bits per heavy atom. The van der Waals surface area contributed by atoms with E-state index in [2.05, 4.69) is 5.32 Å². The van der Waals surface area contributed by atoms with Crippen LogP contribution in [-0.4, -0.2) is 29.3 Å². The highest BCUT2D eigenvalue weighted by atomic mass is 35.5. The van der Waals surface area contributed by atoms with E-state index < -0.39 is 0 Å². The van der Waals surface area contributed by atoms with E-state index in [0.717, 1.165) is 0 Å². The first-order valence-corrected chi connectivity index (χ1v) is 7.19. The molecule has 0 aliphatic carbocycles. The molecule has 1 aromatic carbocycles. The van der Waals surface area contributed by atoms with Gasteiger partial charge >= 0.3 is 0 Å². The van der Waals surface area contributed by atoms with Crippen LogP contribution in [0.4, 0.5) is 5.69 Å². The van der Waals surface area contributed by atoms with Crippen LogP contribution in [0.1, 0.15) is 20.3 Å². The smallest absolute Gasteiger partial charge is 0.229 e. The number of hydrogen-bond acceptors (Lipinski definition) is 2. The van der Waals surface area contributed by atoms with Gasteiger partial charge in [-0.3, -0.25) is 9.59 Å². The lowest BCUT2D eigenvalue weighted by Crippen LogP contribution is -2.33. The number of carbonyl (C=O) groups is 2. The number of hydrogen-bond donors (Lipinski definition) is 1. The molecule has 0 spiro atoms. The number of nitrogens with one attached hydrogen (secondary N) is 1. The molecule has 2 amide bonds. The molecule has 2 rings (SSSR count). The highest BCUT2D eigenvalue weighted by molar-refractivity contribution is 6.36. The van der Waals surface area contributed by atoms with Gasteiger partial charge in [0.05, 0.1) is 16.6 Å². The molecule has 0 aromatic heterocycles. The third-order valence-corrected chi connectivity index (χ3v) is 3.89. The summed E-state index contributed by atoms with van der Waals surface area (Å²) in [5, 5.41) is 3.65. The van der Waals surface area contributed by atoms with E-state index in [1.807, 2.05) is 13.8 Å². The summed E-state index contributed by atoms with van der Waals surface area (Å²) in [4.78, 5) is 25.7. The maximum Gasteiger partial charge on any atom is 0.229 e. The van der Waals surface area contributed by atoms with Crippen molar-refractivity contribution in [1.82, 2.24) is 4.90 Å². The topological polar surface area (TPSA) is 49.4 Å². The molecular formula is C14H16Cl2N2O2. The standard InChI is InChI=1S/C14H16Cl2N2O2/c1-8(2)18-7-9(5-13(18)19)14(20)17-12-4-3-10(15)6-11(12)16/h3-4,6,8-9H,5,7H2,1-2H3,(H,17,20)/t9-/m0/s1. The van der Waals surface area contributed by atoms with E-state index in [1.165, 1.54) is 0 Å². The zero-order valence-corrected chi connectivity index (χ0v) is 12.8. The minimum atomic E-state index is -0.336. The predicted molar refractivity (Wildman–Crippen MR) is 80.0 cm³/mol. The molecule has 1 saturated heterocycles. The number of halogens is 2. The summed E-state index contributed by atoms with van der Waals surface area (Å²) < 4.78 is 0. The highest BCUT2D eigenvalue weighted by Crippen LogP contribution is 2.27. The minimum absolute atomic E-state index is 0.0161. The van der Waals surface area contributed by atoms with Crippen molar-refractivity contribution >= 4 is 40.7 Å². The summed E-state index contributed by atoms with van der Waals surface area (Å²) in [5.41, 5.74) is 0.511. The molecule has 4 nitrogen and oxygen atoms in total. The number of carbonyl (C=O) groups excluding carboxylic acids is 2. The lowest BCUT2D eigenvalue weighted by Gasteiger charge is -2.20. The Bertz CT molecular complexity index is 546. The van der Waals surface area contributed by atoms with Crippen LogP contribution in [0.25, 0.3) is 0 Å². The summed E-state index contributed by atoms with van der Waals surface area (Å²) >= 11 is 11.8. The molecule has 0 unspecified atom stereocenters. The van der Waals surface area contributed by atoms with Gasteiger partial charge < -0.3 is 10.2 Å². The van der Waals surface area contributed by atoms with Gasteiger partial charge in [0.1, 0.15) is 0 Å². The van der Waals surface area contributed by atoms with Crippen molar-refractivity contribution in [2.24, 2.45) is 5.92 Å². The first kappa shape index (κ1) is 15.1. The van der Waals surface area contributed by atoms with Gasteiger partial charge in [-0.25, -0.2) is 0 Å². The van der Waals surface area contributed by atoms with E-state index in [0.29, 0.717) is 22.3 Å². The molecular weight excluding hydrogens is 299 g/mol. The number of nitrogens with zero attached hydrogens (tertiary/aromatic N) is 1. The summed E-state index contributed by atoms with van der Waals surface area (Å²) in [6.45, 7) is 4.33. The third kappa shape index (κ3) is 3.25. The Morgan fingerprint density at radius 3 is 2.65 bits per heavy atom. The molecule has 1 fully saturated rings. The fourth-order valence-electron chi connectivity index (χ4n) is 2.23. The SMILES string of the molecule is CC(C)N1C[C@@H](C(=O)Nc2ccc(Cl)cc2Cl)CC1=O. The second-order valence-corrected chi connectivity index (χ2v) is 6.00. The van der Waals surface area contributed by atoms with E-state index >= 15 is 0 Å². The molecule has 20 heavy (non-hydrogen) atoms. The summed E-state index contributed by atoms with van der Waals surface area (Å²) in [6.07, 6.45) is 0.245. The van der Waals surface area contributed by atoms with Crippen LogP contribution in [0.3, 0.4) is 0 Å². The monoisotopic (exact) mass is 314 g/mol. The van der Waals surface area contributed by atoms with Crippen molar-refractivity contribution < 1.29 is 9.59 Å². The number of likely N-dealkylation sites (tertiary alicyclic amines) is 1. The molecule has 6 heteroatoms. The number of anilines is 1. The van der Waals surface area contributed by atoms with Crippen LogP contribution in [0.5, 0.6) is 0 Å². The van der Waals surface area contributed by atoms with Crippen LogP contribution in [0, 0.1) is 5.92 Å². The van der Waals surface area contributed by atoms with Gasteiger partial charge in [0.25, 0.3) is 0 Å². The first-order valence-electron chi connectivity index (χ1n) is 6.44. The quantitative estimate of drug-likeness (QED) is 0.931. The van der Waals surface area contributed by atoms with Crippen LogP contribution >= 0.6 is 23.2 Å². The Hall–Kier alpha value is -1.26. The van der Waals surface area contributed by atoms with Crippen molar-refractivity contribution in [3.63, 3.8) is 0 Å². The van der Waals surface area contributed by atoms with E-state index in [1.54, 1.807) is 23.1 Å². The highest BCUT2D eigenvalue weighted by Gasteiger charge is 2.35. The lowest BCUT2D eigenvalue weighted by molar-refractivity contribution is -0.129. The molecule has 1 atom stereocenters. The Balaban J connectivity index is 2.04. The molecule has 1 heterocycles. The van der Waals surface area contributed by atoms with Gasteiger partial charge in [-0.05, 0) is 32.0 Å². The van der Waals surface area contributed by atoms with Gasteiger partial charge in [-0.2, -0.15) is 0 Å². The van der Waals surface area contributed by atoms with E-state index in [-0.39, 0.29) is 30.2 Å². The summed E-state index contributed by atoms with van der Waals surface area (Å²) in [5.74, 6) is -0.510.